The minimum absolute atomic E-state index is 0.383. The molecule has 17 heavy (non-hydrogen) atoms. The van der Waals surface area contributed by atoms with Crippen LogP contribution in [-0.2, 0) is 6.54 Å². The Morgan fingerprint density at radius 3 is 2.71 bits per heavy atom. The summed E-state index contributed by atoms with van der Waals surface area (Å²) in [7, 11) is 0. The highest BCUT2D eigenvalue weighted by atomic mass is 16.5. The summed E-state index contributed by atoms with van der Waals surface area (Å²) in [5.41, 5.74) is 2.79. The summed E-state index contributed by atoms with van der Waals surface area (Å²) in [5.74, 6) is 0.0476. The van der Waals surface area contributed by atoms with E-state index in [1.807, 2.05) is 0 Å². The minimum atomic E-state index is -0.538. The number of rotatable bonds is 4. The van der Waals surface area contributed by atoms with Gasteiger partial charge in [-0.1, -0.05) is 0 Å². The second kappa shape index (κ2) is 5.13. The maximum absolute atomic E-state index is 11.1. The first-order valence-corrected chi connectivity index (χ1v) is 4.96. The van der Waals surface area contributed by atoms with Crippen LogP contribution < -0.4 is 10.8 Å². The molecule has 0 saturated heterocycles. The van der Waals surface area contributed by atoms with E-state index in [0.717, 1.165) is 5.69 Å². The van der Waals surface area contributed by atoms with Crippen LogP contribution in [0.25, 0.3) is 0 Å². The van der Waals surface area contributed by atoms with Gasteiger partial charge in [0.05, 0.1) is 12.7 Å². The molecule has 6 nitrogen and oxygen atoms in total. The fraction of sp³-hybridized carbons (Fsp3) is 0.0909. The monoisotopic (exact) mass is 233 g/mol. The predicted molar refractivity (Wildman–Crippen MR) is 59.5 cm³/mol. The van der Waals surface area contributed by atoms with Gasteiger partial charge in [-0.05, 0) is 24.3 Å². The molecule has 1 amide bonds. The molecular weight excluding hydrogens is 222 g/mol. The lowest BCUT2D eigenvalue weighted by atomic mass is 10.2. The molecule has 3 N–H and O–H groups in total. The lowest BCUT2D eigenvalue weighted by Gasteiger charge is -2.04. The van der Waals surface area contributed by atoms with E-state index in [1.54, 1.807) is 35.9 Å². The van der Waals surface area contributed by atoms with Gasteiger partial charge in [0.25, 0.3) is 5.91 Å². The number of aromatic nitrogens is 1. The Morgan fingerprint density at radius 1 is 1.35 bits per heavy atom. The Hall–Kier alpha value is -2.34. The van der Waals surface area contributed by atoms with E-state index in [2.05, 4.69) is 10.3 Å². The molecule has 2 rings (SSSR count). The lowest BCUT2D eigenvalue weighted by Crippen LogP contribution is -2.18. The van der Waals surface area contributed by atoms with Gasteiger partial charge in [0.1, 0.15) is 6.26 Å². The van der Waals surface area contributed by atoms with Crippen molar-refractivity contribution in [3.8, 4) is 0 Å². The summed E-state index contributed by atoms with van der Waals surface area (Å²) >= 11 is 0. The summed E-state index contributed by atoms with van der Waals surface area (Å²) in [6.45, 7) is 0.471. The van der Waals surface area contributed by atoms with Crippen LogP contribution in [0.4, 0.5) is 5.69 Å². The Labute approximate surface area is 97.2 Å². The zero-order valence-corrected chi connectivity index (χ0v) is 8.88. The summed E-state index contributed by atoms with van der Waals surface area (Å²) in [4.78, 5) is 15.0. The third-order valence-electron chi connectivity index (χ3n) is 2.18. The average Bonchev–Trinajstić information content (AvgIpc) is 2.89. The normalized spacial score (nSPS) is 9.94. The Balaban J connectivity index is 1.96. The second-order valence-electron chi connectivity index (χ2n) is 3.30. The molecule has 1 aromatic heterocycles. The van der Waals surface area contributed by atoms with E-state index in [9.17, 15) is 4.79 Å². The highest BCUT2D eigenvalue weighted by Crippen LogP contribution is 2.10. The first kappa shape index (κ1) is 11.2. The van der Waals surface area contributed by atoms with Gasteiger partial charge >= 0.3 is 0 Å². The summed E-state index contributed by atoms with van der Waals surface area (Å²) in [6, 6.07) is 6.66. The smallest absolute Gasteiger partial charge is 0.274 e. The van der Waals surface area contributed by atoms with E-state index < -0.39 is 5.91 Å². The van der Waals surface area contributed by atoms with Crippen molar-refractivity contribution in [2.45, 2.75) is 6.54 Å². The van der Waals surface area contributed by atoms with Gasteiger partial charge in [0, 0.05) is 11.3 Å². The number of hydrogen-bond donors (Lipinski definition) is 3. The molecule has 2 aromatic rings. The molecule has 88 valence electrons. The molecule has 0 unspecified atom stereocenters. The van der Waals surface area contributed by atoms with Crippen molar-refractivity contribution < 1.29 is 14.4 Å². The zero-order valence-electron chi connectivity index (χ0n) is 8.88. The van der Waals surface area contributed by atoms with Gasteiger partial charge in [-0.25, -0.2) is 10.5 Å². The molecule has 0 aliphatic carbocycles. The Bertz CT molecular complexity index is 479. The van der Waals surface area contributed by atoms with Crippen LogP contribution >= 0.6 is 0 Å². The van der Waals surface area contributed by atoms with Gasteiger partial charge in [0.2, 0.25) is 5.89 Å². The van der Waals surface area contributed by atoms with E-state index in [-0.39, 0.29) is 0 Å². The van der Waals surface area contributed by atoms with Gasteiger partial charge in [-0.3, -0.25) is 10.0 Å². The second-order valence-corrected chi connectivity index (χ2v) is 3.30. The molecule has 1 heterocycles. The third kappa shape index (κ3) is 2.82. The van der Waals surface area contributed by atoms with Crippen molar-refractivity contribution in [3.63, 3.8) is 0 Å². The number of nitrogens with one attached hydrogen (secondary N) is 2. The fourth-order valence-electron chi connectivity index (χ4n) is 1.32. The van der Waals surface area contributed by atoms with Gasteiger partial charge < -0.3 is 9.73 Å². The van der Waals surface area contributed by atoms with Crippen molar-refractivity contribution in [3.05, 3.63) is 48.2 Å². The summed E-state index contributed by atoms with van der Waals surface area (Å²) < 4.78 is 5.06. The van der Waals surface area contributed by atoms with E-state index >= 15 is 0 Å². The van der Waals surface area contributed by atoms with E-state index in [1.165, 1.54) is 6.26 Å². The quantitative estimate of drug-likeness (QED) is 0.549. The first-order chi connectivity index (χ1) is 8.29. The van der Waals surface area contributed by atoms with Crippen LogP contribution in [0.5, 0.6) is 0 Å². The molecule has 0 fully saturated rings. The molecule has 0 saturated carbocycles. The standard InChI is InChI=1S/C11H11N3O3/c15-11(14-16)8-1-3-9(4-2-8)13-7-10-12-5-6-17-10/h1-6,13,16H,7H2,(H,14,15). The third-order valence-corrected chi connectivity index (χ3v) is 2.18. The van der Waals surface area contributed by atoms with Crippen LogP contribution in [0.15, 0.2) is 41.1 Å². The molecular formula is C11H11N3O3. The first-order valence-electron chi connectivity index (χ1n) is 4.96. The van der Waals surface area contributed by atoms with Crippen LogP contribution in [-0.4, -0.2) is 16.1 Å². The predicted octanol–water partition coefficient (Wildman–Crippen LogP) is 1.41. The maximum Gasteiger partial charge on any atom is 0.274 e. The average molecular weight is 233 g/mol. The summed E-state index contributed by atoms with van der Waals surface area (Å²) in [5, 5.41) is 11.5. The molecule has 0 radical (unpaired) electrons. The fourth-order valence-corrected chi connectivity index (χ4v) is 1.32. The van der Waals surface area contributed by atoms with E-state index in [0.29, 0.717) is 18.0 Å². The maximum atomic E-state index is 11.1. The van der Waals surface area contributed by atoms with Crippen LogP contribution in [0.3, 0.4) is 0 Å². The Kier molecular flexibility index (Phi) is 3.37. The lowest BCUT2D eigenvalue weighted by molar-refractivity contribution is 0.0706. The molecule has 1 aromatic carbocycles. The number of anilines is 1. The molecule has 0 spiro atoms. The van der Waals surface area contributed by atoms with Crippen molar-refractivity contribution in [1.82, 2.24) is 10.5 Å². The number of amides is 1. The number of carbonyl (C=O) groups excluding carboxylic acids is 1. The zero-order chi connectivity index (χ0) is 12.1. The number of hydroxylamine groups is 1. The molecule has 0 atom stereocenters. The number of benzene rings is 1. The molecule has 6 heteroatoms. The molecule has 0 aliphatic rings. The van der Waals surface area contributed by atoms with E-state index in [4.69, 9.17) is 9.62 Å². The molecule has 0 bridgehead atoms. The highest BCUT2D eigenvalue weighted by Gasteiger charge is 2.03. The van der Waals surface area contributed by atoms with Crippen molar-refractivity contribution in [2.24, 2.45) is 0 Å². The largest absolute Gasteiger partial charge is 0.447 e. The molecule has 0 aliphatic heterocycles. The minimum Gasteiger partial charge on any atom is -0.447 e. The van der Waals surface area contributed by atoms with Crippen molar-refractivity contribution in [2.75, 3.05) is 5.32 Å². The van der Waals surface area contributed by atoms with Gasteiger partial charge in [-0.15, -0.1) is 0 Å². The van der Waals surface area contributed by atoms with Crippen LogP contribution in [0, 0.1) is 0 Å². The number of nitrogens with zero attached hydrogens (tertiary/aromatic N) is 1. The van der Waals surface area contributed by atoms with Crippen LogP contribution in [0.2, 0.25) is 0 Å². The van der Waals surface area contributed by atoms with Crippen LogP contribution in [0.1, 0.15) is 16.2 Å². The number of carbonyl (C=O) groups is 1. The van der Waals surface area contributed by atoms with Gasteiger partial charge in [0.15, 0.2) is 0 Å². The van der Waals surface area contributed by atoms with Gasteiger partial charge in [-0.2, -0.15) is 0 Å². The van der Waals surface area contributed by atoms with Crippen molar-refractivity contribution in [1.29, 1.82) is 0 Å². The highest BCUT2D eigenvalue weighted by molar-refractivity contribution is 5.93. The topological polar surface area (TPSA) is 87.4 Å². The number of hydrogen-bond acceptors (Lipinski definition) is 5. The number of oxazole rings is 1. The SMILES string of the molecule is O=C(NO)c1ccc(NCc2ncco2)cc1. The Morgan fingerprint density at radius 2 is 2.12 bits per heavy atom. The summed E-state index contributed by atoms with van der Waals surface area (Å²) in [6.07, 6.45) is 3.08. The van der Waals surface area contributed by atoms with Crippen molar-refractivity contribution >= 4 is 11.6 Å².